The molecule has 1 atom stereocenters. The van der Waals surface area contributed by atoms with E-state index in [2.05, 4.69) is 4.98 Å². The molecule has 1 aliphatic rings. The highest BCUT2D eigenvalue weighted by Crippen LogP contribution is 2.45. The smallest absolute Gasteiger partial charge is 0.294 e. The molecular formula is C22H20N2O3S2. The molecule has 0 fully saturated rings. The van der Waals surface area contributed by atoms with Crippen molar-refractivity contribution in [3.8, 4) is 0 Å². The largest absolute Gasteiger partial charge is 0.503 e. The quantitative estimate of drug-likeness (QED) is 0.583. The Morgan fingerprint density at radius 3 is 2.41 bits per heavy atom. The lowest BCUT2D eigenvalue weighted by Crippen LogP contribution is -2.31. The molecule has 3 heterocycles. The van der Waals surface area contributed by atoms with Crippen LogP contribution in [-0.4, -0.2) is 21.8 Å². The third-order valence-corrected chi connectivity index (χ3v) is 7.23. The number of ketones is 1. The van der Waals surface area contributed by atoms with E-state index in [0.29, 0.717) is 16.3 Å². The van der Waals surface area contributed by atoms with Gasteiger partial charge in [-0.2, -0.15) is 0 Å². The van der Waals surface area contributed by atoms with Crippen LogP contribution in [0.2, 0.25) is 0 Å². The number of nitrogens with zero attached hydrogens (tertiary/aromatic N) is 2. The first-order valence-electron chi connectivity index (χ1n) is 9.16. The van der Waals surface area contributed by atoms with Crippen LogP contribution in [-0.2, 0) is 4.79 Å². The van der Waals surface area contributed by atoms with E-state index in [9.17, 15) is 14.7 Å². The summed E-state index contributed by atoms with van der Waals surface area (Å²) in [6.07, 6.45) is 0. The van der Waals surface area contributed by atoms with Gasteiger partial charge in [-0.1, -0.05) is 18.2 Å². The lowest BCUT2D eigenvalue weighted by atomic mass is 9.98. The molecule has 2 aromatic heterocycles. The van der Waals surface area contributed by atoms with Crippen LogP contribution >= 0.6 is 22.7 Å². The van der Waals surface area contributed by atoms with Crippen molar-refractivity contribution in [3.63, 3.8) is 0 Å². The second-order valence-corrected chi connectivity index (χ2v) is 9.22. The van der Waals surface area contributed by atoms with Crippen molar-refractivity contribution in [2.24, 2.45) is 0 Å². The third kappa shape index (κ3) is 3.10. The van der Waals surface area contributed by atoms with Crippen molar-refractivity contribution in [2.45, 2.75) is 33.7 Å². The average Bonchev–Trinajstić information content (AvgIpc) is 3.32. The van der Waals surface area contributed by atoms with E-state index in [1.807, 2.05) is 56.5 Å². The first-order valence-corrected chi connectivity index (χ1v) is 10.9. The molecule has 1 unspecified atom stereocenters. The number of carbonyl (C=O) groups is 2. The highest BCUT2D eigenvalue weighted by Gasteiger charge is 2.46. The minimum atomic E-state index is -0.669. The topological polar surface area (TPSA) is 70.5 Å². The van der Waals surface area contributed by atoms with Gasteiger partial charge in [-0.25, -0.2) is 4.98 Å². The highest BCUT2D eigenvalue weighted by molar-refractivity contribution is 7.14. The van der Waals surface area contributed by atoms with Gasteiger partial charge >= 0.3 is 0 Å². The Kier molecular flexibility index (Phi) is 4.88. The van der Waals surface area contributed by atoms with Crippen molar-refractivity contribution in [1.82, 2.24) is 4.98 Å². The number of hydrogen-bond acceptors (Lipinski definition) is 6. The summed E-state index contributed by atoms with van der Waals surface area (Å²) in [7, 11) is 0. The molecule has 1 aliphatic heterocycles. The number of aromatic nitrogens is 1. The van der Waals surface area contributed by atoms with Crippen molar-refractivity contribution in [2.75, 3.05) is 4.90 Å². The summed E-state index contributed by atoms with van der Waals surface area (Å²) in [5.41, 5.74) is 3.29. The second kappa shape index (κ2) is 7.24. The van der Waals surface area contributed by atoms with Gasteiger partial charge in [0.1, 0.15) is 6.04 Å². The zero-order valence-corrected chi connectivity index (χ0v) is 18.1. The van der Waals surface area contributed by atoms with Crippen LogP contribution in [0.4, 0.5) is 5.69 Å². The number of hydrogen-bond donors (Lipinski definition) is 1. The van der Waals surface area contributed by atoms with Crippen LogP contribution in [0.15, 0.2) is 47.0 Å². The summed E-state index contributed by atoms with van der Waals surface area (Å²) < 4.78 is 0. The van der Waals surface area contributed by atoms with E-state index in [4.69, 9.17) is 0 Å². The molecule has 0 saturated carbocycles. The summed E-state index contributed by atoms with van der Waals surface area (Å²) in [5.74, 6) is -1.38. The number of benzene rings is 1. The fourth-order valence-electron chi connectivity index (χ4n) is 3.70. The Bertz CT molecular complexity index is 1170. The number of thiazole rings is 1. The van der Waals surface area contributed by atoms with Gasteiger partial charge in [-0.05, 0) is 56.3 Å². The molecule has 148 valence electrons. The van der Waals surface area contributed by atoms with E-state index < -0.39 is 17.7 Å². The van der Waals surface area contributed by atoms with E-state index >= 15 is 0 Å². The number of aryl methyl sites for hydroxylation is 4. The van der Waals surface area contributed by atoms with Gasteiger partial charge in [0.15, 0.2) is 5.76 Å². The number of carbonyl (C=O) groups excluding carboxylic acids is 2. The summed E-state index contributed by atoms with van der Waals surface area (Å²) in [6, 6.07) is 8.79. The fraction of sp³-hybridized carbons (Fsp3) is 0.227. The summed E-state index contributed by atoms with van der Waals surface area (Å²) in [5, 5.41) is 13.5. The van der Waals surface area contributed by atoms with Crippen LogP contribution in [0.25, 0.3) is 0 Å². The molecule has 0 radical (unpaired) electrons. The lowest BCUT2D eigenvalue weighted by Gasteiger charge is -2.27. The SMILES string of the molecule is Cc1nc(C)c(C(=O)C2=C(O)C(=O)N(c3ccccc3C)C2c2sccc2C)s1. The zero-order valence-electron chi connectivity index (χ0n) is 16.5. The normalized spacial score (nSPS) is 16.8. The van der Waals surface area contributed by atoms with Crippen LogP contribution in [0.3, 0.4) is 0 Å². The Balaban J connectivity index is 1.93. The Labute approximate surface area is 177 Å². The van der Waals surface area contributed by atoms with Crippen molar-refractivity contribution < 1.29 is 14.7 Å². The molecule has 1 amide bonds. The summed E-state index contributed by atoms with van der Waals surface area (Å²) >= 11 is 2.76. The number of aliphatic hydroxyl groups is 1. The molecular weight excluding hydrogens is 404 g/mol. The molecule has 0 saturated heterocycles. The minimum absolute atomic E-state index is 0.121. The number of Topliss-reactive ketones (excluding diaryl/α,β-unsaturated/α-hetero) is 1. The average molecular weight is 425 g/mol. The summed E-state index contributed by atoms with van der Waals surface area (Å²) in [6.45, 7) is 7.47. The van der Waals surface area contributed by atoms with Gasteiger partial charge in [0.2, 0.25) is 5.78 Å². The van der Waals surface area contributed by atoms with Gasteiger partial charge in [-0.3, -0.25) is 14.5 Å². The van der Waals surface area contributed by atoms with E-state index in [0.717, 1.165) is 21.0 Å². The second-order valence-electron chi connectivity index (χ2n) is 7.07. The van der Waals surface area contributed by atoms with Crippen molar-refractivity contribution >= 4 is 40.1 Å². The third-order valence-electron chi connectivity index (χ3n) is 5.09. The molecule has 0 aliphatic carbocycles. The zero-order chi connectivity index (χ0) is 20.9. The van der Waals surface area contributed by atoms with Gasteiger partial charge in [0, 0.05) is 10.6 Å². The first kappa shape index (κ1) is 19.5. The molecule has 4 rings (SSSR count). The number of anilines is 1. The number of amides is 1. The minimum Gasteiger partial charge on any atom is -0.503 e. The molecule has 0 bridgehead atoms. The standard InChI is InChI=1S/C22H20N2O3S2/c1-11-7-5-6-8-15(11)24-17(20-12(2)9-10-28-20)16(19(26)22(24)27)18(25)21-13(3)23-14(4)29-21/h5-10,17,26H,1-4H3. The van der Waals surface area contributed by atoms with Gasteiger partial charge in [0.25, 0.3) is 5.91 Å². The predicted molar refractivity (Wildman–Crippen MR) is 116 cm³/mol. The monoisotopic (exact) mass is 424 g/mol. The van der Waals surface area contributed by atoms with Gasteiger partial charge in [0.05, 0.1) is 21.2 Å². The fourth-order valence-corrected chi connectivity index (χ4v) is 5.60. The number of para-hydroxylation sites is 1. The maximum Gasteiger partial charge on any atom is 0.294 e. The maximum atomic E-state index is 13.5. The Morgan fingerprint density at radius 1 is 1.10 bits per heavy atom. The number of thiophene rings is 1. The molecule has 29 heavy (non-hydrogen) atoms. The van der Waals surface area contributed by atoms with Crippen molar-refractivity contribution in [3.05, 3.63) is 78.6 Å². The van der Waals surface area contributed by atoms with Crippen molar-refractivity contribution in [1.29, 1.82) is 0 Å². The number of aliphatic hydroxyl groups excluding tert-OH is 1. The van der Waals surface area contributed by atoms with Crippen LogP contribution in [0.5, 0.6) is 0 Å². The molecule has 0 spiro atoms. The lowest BCUT2D eigenvalue weighted by molar-refractivity contribution is -0.117. The highest BCUT2D eigenvalue weighted by atomic mass is 32.1. The number of rotatable bonds is 4. The predicted octanol–water partition coefficient (Wildman–Crippen LogP) is 5.22. The van der Waals surface area contributed by atoms with E-state index in [1.165, 1.54) is 22.7 Å². The molecule has 5 nitrogen and oxygen atoms in total. The summed E-state index contributed by atoms with van der Waals surface area (Å²) in [4.78, 5) is 33.9. The van der Waals surface area contributed by atoms with Gasteiger partial charge < -0.3 is 5.11 Å². The Morgan fingerprint density at radius 2 is 1.83 bits per heavy atom. The molecule has 1 N–H and O–H groups in total. The maximum absolute atomic E-state index is 13.5. The van der Waals surface area contributed by atoms with Crippen LogP contribution in [0.1, 0.15) is 42.4 Å². The molecule has 7 heteroatoms. The van der Waals surface area contributed by atoms with E-state index in [1.54, 1.807) is 11.8 Å². The molecule has 3 aromatic rings. The molecule has 1 aromatic carbocycles. The van der Waals surface area contributed by atoms with Crippen LogP contribution in [0, 0.1) is 27.7 Å². The van der Waals surface area contributed by atoms with E-state index in [-0.39, 0.29) is 11.4 Å². The first-order chi connectivity index (χ1) is 13.8. The van der Waals surface area contributed by atoms with Crippen LogP contribution < -0.4 is 4.90 Å². The Hall–Kier alpha value is -2.77. The van der Waals surface area contributed by atoms with Gasteiger partial charge in [-0.15, -0.1) is 22.7 Å².